The zero-order chi connectivity index (χ0) is 15.0. The van der Waals surface area contributed by atoms with Crippen molar-refractivity contribution in [1.82, 2.24) is 20.1 Å². The fourth-order valence-electron chi connectivity index (χ4n) is 2.55. The van der Waals surface area contributed by atoms with E-state index < -0.39 is 6.10 Å². The SMILES string of the molecule is Cc1noc([C@H]2C[C@@H](O)CN2c2ccnc(C(C)C)n2)n1. The highest BCUT2D eigenvalue weighted by Gasteiger charge is 2.36. The Morgan fingerprint density at radius 2 is 2.19 bits per heavy atom. The van der Waals surface area contributed by atoms with Gasteiger partial charge in [0.2, 0.25) is 5.89 Å². The first-order valence-corrected chi connectivity index (χ1v) is 7.12. The number of aliphatic hydroxyl groups is 1. The van der Waals surface area contributed by atoms with Crippen molar-refractivity contribution in [2.24, 2.45) is 0 Å². The highest BCUT2D eigenvalue weighted by molar-refractivity contribution is 5.42. The molecule has 3 heterocycles. The van der Waals surface area contributed by atoms with Gasteiger partial charge in [-0.15, -0.1) is 0 Å². The summed E-state index contributed by atoms with van der Waals surface area (Å²) < 4.78 is 5.27. The highest BCUT2D eigenvalue weighted by atomic mass is 16.5. The normalized spacial score (nSPS) is 22.2. The quantitative estimate of drug-likeness (QED) is 0.918. The molecule has 2 aromatic heterocycles. The molecule has 0 radical (unpaired) electrons. The van der Waals surface area contributed by atoms with E-state index in [2.05, 4.69) is 34.0 Å². The molecule has 1 saturated heterocycles. The van der Waals surface area contributed by atoms with Gasteiger partial charge >= 0.3 is 0 Å². The van der Waals surface area contributed by atoms with Crippen LogP contribution in [0.5, 0.6) is 0 Å². The van der Waals surface area contributed by atoms with Crippen molar-refractivity contribution < 1.29 is 9.63 Å². The molecule has 1 aliphatic rings. The zero-order valence-electron chi connectivity index (χ0n) is 12.4. The van der Waals surface area contributed by atoms with Gasteiger partial charge in [-0.25, -0.2) is 9.97 Å². The van der Waals surface area contributed by atoms with Gasteiger partial charge in [-0.3, -0.25) is 0 Å². The molecule has 0 aliphatic carbocycles. The van der Waals surface area contributed by atoms with E-state index in [0.29, 0.717) is 24.7 Å². The second-order valence-electron chi connectivity index (χ2n) is 5.67. The van der Waals surface area contributed by atoms with Crippen molar-refractivity contribution in [2.75, 3.05) is 11.4 Å². The first-order valence-electron chi connectivity index (χ1n) is 7.12. The fourth-order valence-corrected chi connectivity index (χ4v) is 2.55. The molecule has 0 saturated carbocycles. The molecule has 2 atom stereocenters. The molecule has 2 aromatic rings. The molecule has 21 heavy (non-hydrogen) atoms. The third kappa shape index (κ3) is 2.73. The van der Waals surface area contributed by atoms with Crippen LogP contribution in [0.15, 0.2) is 16.8 Å². The smallest absolute Gasteiger partial charge is 0.249 e. The van der Waals surface area contributed by atoms with E-state index in [9.17, 15) is 5.11 Å². The number of aryl methyl sites for hydroxylation is 1. The van der Waals surface area contributed by atoms with E-state index in [-0.39, 0.29) is 12.0 Å². The minimum absolute atomic E-state index is 0.142. The Balaban J connectivity index is 1.93. The Bertz CT molecular complexity index is 627. The van der Waals surface area contributed by atoms with Crippen LogP contribution >= 0.6 is 0 Å². The number of hydrogen-bond acceptors (Lipinski definition) is 7. The Morgan fingerprint density at radius 1 is 1.38 bits per heavy atom. The molecule has 7 heteroatoms. The van der Waals surface area contributed by atoms with E-state index in [0.717, 1.165) is 11.6 Å². The van der Waals surface area contributed by atoms with Crippen molar-refractivity contribution >= 4 is 5.82 Å². The number of β-amino-alcohol motifs (C(OH)–C–C–N with tert-alkyl or cyclic N) is 1. The van der Waals surface area contributed by atoms with Crippen LogP contribution in [0.4, 0.5) is 5.82 Å². The van der Waals surface area contributed by atoms with Crippen molar-refractivity contribution in [3.63, 3.8) is 0 Å². The molecular weight excluding hydrogens is 270 g/mol. The van der Waals surface area contributed by atoms with Gasteiger partial charge in [0, 0.05) is 25.1 Å². The molecule has 0 bridgehead atoms. The Kier molecular flexibility index (Phi) is 3.59. The van der Waals surface area contributed by atoms with Crippen LogP contribution in [0.2, 0.25) is 0 Å². The van der Waals surface area contributed by atoms with Gasteiger partial charge in [0.15, 0.2) is 5.82 Å². The molecule has 1 N–H and O–H groups in total. The maximum absolute atomic E-state index is 10.0. The number of aromatic nitrogens is 4. The molecule has 1 aliphatic heterocycles. The summed E-state index contributed by atoms with van der Waals surface area (Å²) in [6, 6.07) is 1.70. The second-order valence-corrected chi connectivity index (χ2v) is 5.67. The van der Waals surface area contributed by atoms with Gasteiger partial charge in [-0.1, -0.05) is 19.0 Å². The zero-order valence-corrected chi connectivity index (χ0v) is 12.4. The standard InChI is InChI=1S/C14H19N5O2/c1-8(2)13-15-5-4-12(17-13)19-7-10(20)6-11(19)14-16-9(3)18-21-14/h4-5,8,10-11,20H,6-7H2,1-3H3/t10-,11-/m1/s1. The topological polar surface area (TPSA) is 88.2 Å². The van der Waals surface area contributed by atoms with Crippen LogP contribution in [0.25, 0.3) is 0 Å². The molecule has 1 fully saturated rings. The summed E-state index contributed by atoms with van der Waals surface area (Å²) in [5.74, 6) is 2.94. The van der Waals surface area contributed by atoms with Crippen molar-refractivity contribution in [3.8, 4) is 0 Å². The molecule has 0 aromatic carbocycles. The summed E-state index contributed by atoms with van der Waals surface area (Å²) in [7, 11) is 0. The largest absolute Gasteiger partial charge is 0.391 e. The number of nitrogens with zero attached hydrogens (tertiary/aromatic N) is 5. The Hall–Kier alpha value is -2.02. The third-order valence-corrected chi connectivity index (χ3v) is 3.58. The molecule has 0 amide bonds. The lowest BCUT2D eigenvalue weighted by atomic mass is 10.2. The third-order valence-electron chi connectivity index (χ3n) is 3.58. The van der Waals surface area contributed by atoms with Gasteiger partial charge in [-0.2, -0.15) is 4.98 Å². The van der Waals surface area contributed by atoms with E-state index in [1.807, 2.05) is 11.0 Å². The summed E-state index contributed by atoms with van der Waals surface area (Å²) in [5.41, 5.74) is 0. The summed E-state index contributed by atoms with van der Waals surface area (Å²) in [4.78, 5) is 15.2. The Morgan fingerprint density at radius 3 is 2.86 bits per heavy atom. The predicted molar refractivity (Wildman–Crippen MR) is 75.9 cm³/mol. The Labute approximate surface area is 123 Å². The number of aliphatic hydroxyl groups excluding tert-OH is 1. The maximum atomic E-state index is 10.0. The van der Waals surface area contributed by atoms with E-state index >= 15 is 0 Å². The molecule has 7 nitrogen and oxygen atoms in total. The van der Waals surface area contributed by atoms with Gasteiger partial charge in [0.1, 0.15) is 17.7 Å². The highest BCUT2D eigenvalue weighted by Crippen LogP contribution is 2.34. The average molecular weight is 289 g/mol. The van der Waals surface area contributed by atoms with Crippen molar-refractivity contribution in [2.45, 2.75) is 45.3 Å². The molecule has 0 unspecified atom stereocenters. The summed E-state index contributed by atoms with van der Waals surface area (Å²) in [6.07, 6.45) is 1.88. The second kappa shape index (κ2) is 5.40. The van der Waals surface area contributed by atoms with E-state index in [1.54, 1.807) is 13.1 Å². The number of hydrogen-bond donors (Lipinski definition) is 1. The lowest BCUT2D eigenvalue weighted by Gasteiger charge is -2.23. The van der Waals surface area contributed by atoms with Gasteiger partial charge in [0.05, 0.1) is 6.10 Å². The van der Waals surface area contributed by atoms with Gasteiger partial charge in [0.25, 0.3) is 0 Å². The molecule has 3 rings (SSSR count). The first-order chi connectivity index (χ1) is 10.0. The van der Waals surface area contributed by atoms with Gasteiger partial charge < -0.3 is 14.5 Å². The molecular formula is C14H19N5O2. The fraction of sp³-hybridized carbons (Fsp3) is 0.571. The summed E-state index contributed by atoms with van der Waals surface area (Å²) >= 11 is 0. The lowest BCUT2D eigenvalue weighted by molar-refractivity contribution is 0.191. The van der Waals surface area contributed by atoms with Crippen LogP contribution < -0.4 is 4.90 Å². The monoisotopic (exact) mass is 289 g/mol. The summed E-state index contributed by atoms with van der Waals surface area (Å²) in [6.45, 7) is 6.39. The molecule has 0 spiro atoms. The molecule has 112 valence electrons. The predicted octanol–water partition coefficient (Wildman–Crippen LogP) is 1.60. The average Bonchev–Trinajstić information content (AvgIpc) is 3.05. The lowest BCUT2D eigenvalue weighted by Crippen LogP contribution is -2.26. The van der Waals surface area contributed by atoms with Crippen molar-refractivity contribution in [1.29, 1.82) is 0 Å². The number of rotatable bonds is 3. The maximum Gasteiger partial charge on any atom is 0.249 e. The number of anilines is 1. The van der Waals surface area contributed by atoms with Crippen LogP contribution in [0.3, 0.4) is 0 Å². The van der Waals surface area contributed by atoms with E-state index in [1.165, 1.54) is 0 Å². The van der Waals surface area contributed by atoms with Crippen LogP contribution in [0, 0.1) is 6.92 Å². The van der Waals surface area contributed by atoms with Crippen LogP contribution in [0.1, 0.15) is 49.8 Å². The minimum Gasteiger partial charge on any atom is -0.391 e. The van der Waals surface area contributed by atoms with Crippen molar-refractivity contribution in [3.05, 3.63) is 29.8 Å². The van der Waals surface area contributed by atoms with E-state index in [4.69, 9.17) is 4.52 Å². The van der Waals surface area contributed by atoms with Crippen LogP contribution in [-0.4, -0.2) is 37.9 Å². The van der Waals surface area contributed by atoms with Crippen LogP contribution in [-0.2, 0) is 0 Å². The summed E-state index contributed by atoms with van der Waals surface area (Å²) in [5, 5.41) is 13.8. The minimum atomic E-state index is -0.431. The first kappa shape index (κ1) is 13.9. The van der Waals surface area contributed by atoms with Gasteiger partial charge in [-0.05, 0) is 13.0 Å².